The Labute approximate surface area is 228 Å². The number of carbonyl (C=O) groups excluding carboxylic acids is 1. The number of nitrogens with zero attached hydrogens (tertiary/aromatic N) is 2. The number of anilines is 1. The average Bonchev–Trinajstić information content (AvgIpc) is 2.85. The molecular formula is C26H21Cl2N3O6S. The van der Waals surface area contributed by atoms with Crippen molar-refractivity contribution in [3.8, 4) is 11.5 Å². The van der Waals surface area contributed by atoms with E-state index in [0.29, 0.717) is 34.4 Å². The molecule has 0 aliphatic carbocycles. The fraction of sp³-hybridized carbons (Fsp3) is 0.115. The molecule has 0 heterocycles. The molecule has 0 saturated carbocycles. The summed E-state index contributed by atoms with van der Waals surface area (Å²) in [6, 6.07) is 15.5. The van der Waals surface area contributed by atoms with Gasteiger partial charge in [-0.2, -0.15) is 8.42 Å². The number of azo groups is 1. The standard InChI is InChI=1S/C26H21Cl2N3O6S/c1-3-37-16-8-9-22(20(27)12-16)29-26(33)19-11-15-6-4-5-7-18(15)24(25(19)32)31-30-23-14(2)10-17(13-21(23)28)38(34,35)36/h4-13,32H,3H2,1-2H3,(H,29,33)(H,34,35,36). The highest BCUT2D eigenvalue weighted by molar-refractivity contribution is 7.85. The van der Waals surface area contributed by atoms with Gasteiger partial charge in [0.2, 0.25) is 0 Å². The summed E-state index contributed by atoms with van der Waals surface area (Å²) in [5.74, 6) is -0.525. The molecular weight excluding hydrogens is 553 g/mol. The van der Waals surface area contributed by atoms with Crippen molar-refractivity contribution in [2.45, 2.75) is 18.7 Å². The van der Waals surface area contributed by atoms with Crippen molar-refractivity contribution in [3.63, 3.8) is 0 Å². The highest BCUT2D eigenvalue weighted by Gasteiger charge is 2.20. The van der Waals surface area contributed by atoms with Gasteiger partial charge in [-0.15, -0.1) is 10.2 Å². The number of rotatable bonds is 7. The van der Waals surface area contributed by atoms with Crippen molar-refractivity contribution in [2.24, 2.45) is 10.2 Å². The minimum Gasteiger partial charge on any atom is -0.505 e. The van der Waals surface area contributed by atoms with Gasteiger partial charge in [-0.05, 0) is 55.1 Å². The van der Waals surface area contributed by atoms with E-state index < -0.39 is 21.8 Å². The maximum Gasteiger partial charge on any atom is 0.294 e. The highest BCUT2D eigenvalue weighted by Crippen LogP contribution is 2.41. The second-order valence-corrected chi connectivity index (χ2v) is 10.4. The Hall–Kier alpha value is -3.70. The predicted molar refractivity (Wildman–Crippen MR) is 146 cm³/mol. The van der Waals surface area contributed by atoms with Crippen molar-refractivity contribution < 1.29 is 27.6 Å². The minimum absolute atomic E-state index is 0.000337. The van der Waals surface area contributed by atoms with Gasteiger partial charge in [0.05, 0.1) is 32.8 Å². The van der Waals surface area contributed by atoms with E-state index in [9.17, 15) is 22.9 Å². The molecule has 4 rings (SSSR count). The number of aromatic hydroxyl groups is 1. The summed E-state index contributed by atoms with van der Waals surface area (Å²) in [4.78, 5) is 12.8. The van der Waals surface area contributed by atoms with Crippen LogP contribution in [0.2, 0.25) is 10.0 Å². The molecule has 0 atom stereocenters. The smallest absolute Gasteiger partial charge is 0.294 e. The van der Waals surface area contributed by atoms with Crippen molar-refractivity contribution >= 4 is 67.1 Å². The lowest BCUT2D eigenvalue weighted by Crippen LogP contribution is -2.12. The molecule has 0 unspecified atom stereocenters. The number of aryl methyl sites for hydroxylation is 1. The molecule has 0 saturated heterocycles. The number of benzene rings is 4. The number of amides is 1. The van der Waals surface area contributed by atoms with Crippen LogP contribution in [-0.2, 0) is 10.1 Å². The lowest BCUT2D eigenvalue weighted by Gasteiger charge is -2.13. The lowest BCUT2D eigenvalue weighted by molar-refractivity contribution is 0.102. The summed E-state index contributed by atoms with van der Waals surface area (Å²) >= 11 is 12.5. The van der Waals surface area contributed by atoms with Gasteiger partial charge in [0.15, 0.2) is 5.75 Å². The summed E-state index contributed by atoms with van der Waals surface area (Å²) in [6.45, 7) is 3.84. The van der Waals surface area contributed by atoms with Crippen molar-refractivity contribution in [3.05, 3.63) is 81.8 Å². The van der Waals surface area contributed by atoms with Crippen LogP contribution in [0.15, 0.2) is 75.8 Å². The molecule has 0 aliphatic rings. The second kappa shape index (κ2) is 11.0. The van der Waals surface area contributed by atoms with Crippen molar-refractivity contribution in [1.82, 2.24) is 0 Å². The van der Waals surface area contributed by atoms with E-state index in [2.05, 4.69) is 15.5 Å². The monoisotopic (exact) mass is 573 g/mol. The molecule has 3 N–H and O–H groups in total. The normalized spacial score (nSPS) is 11.7. The number of nitrogens with one attached hydrogen (secondary N) is 1. The third-order valence-corrected chi connectivity index (χ3v) is 6.95. The van der Waals surface area contributed by atoms with E-state index in [0.717, 1.165) is 6.07 Å². The summed E-state index contributed by atoms with van der Waals surface area (Å²) in [7, 11) is -4.47. The molecule has 9 nitrogen and oxygen atoms in total. The quantitative estimate of drug-likeness (QED) is 0.155. The average molecular weight is 574 g/mol. The molecule has 0 radical (unpaired) electrons. The van der Waals surface area contributed by atoms with Gasteiger partial charge < -0.3 is 15.2 Å². The first-order valence-electron chi connectivity index (χ1n) is 11.2. The predicted octanol–water partition coefficient (Wildman–Crippen LogP) is 7.47. The molecule has 0 aliphatic heterocycles. The van der Waals surface area contributed by atoms with Gasteiger partial charge >= 0.3 is 0 Å². The fourth-order valence-electron chi connectivity index (χ4n) is 3.72. The van der Waals surface area contributed by atoms with Crippen LogP contribution < -0.4 is 10.1 Å². The molecule has 0 bridgehead atoms. The maximum absolute atomic E-state index is 13.2. The maximum atomic E-state index is 13.2. The first-order chi connectivity index (χ1) is 18.0. The Kier molecular flexibility index (Phi) is 7.89. The van der Waals surface area contributed by atoms with E-state index in [1.807, 2.05) is 6.92 Å². The van der Waals surface area contributed by atoms with Crippen LogP contribution in [0.1, 0.15) is 22.8 Å². The summed E-state index contributed by atoms with van der Waals surface area (Å²) < 4.78 is 37.7. The van der Waals surface area contributed by atoms with Gasteiger partial charge in [0, 0.05) is 11.5 Å². The van der Waals surface area contributed by atoms with E-state index >= 15 is 0 Å². The van der Waals surface area contributed by atoms with Gasteiger partial charge in [-0.25, -0.2) is 0 Å². The van der Waals surface area contributed by atoms with Crippen LogP contribution in [0.4, 0.5) is 17.1 Å². The van der Waals surface area contributed by atoms with E-state index in [-0.39, 0.29) is 31.9 Å². The van der Waals surface area contributed by atoms with Crippen LogP contribution in [-0.4, -0.2) is 30.6 Å². The van der Waals surface area contributed by atoms with E-state index in [4.69, 9.17) is 27.9 Å². The van der Waals surface area contributed by atoms with Crippen molar-refractivity contribution in [1.29, 1.82) is 0 Å². The zero-order valence-electron chi connectivity index (χ0n) is 20.1. The highest BCUT2D eigenvalue weighted by atomic mass is 35.5. The number of halogens is 2. The molecule has 4 aromatic rings. The van der Waals surface area contributed by atoms with Crippen LogP contribution in [0, 0.1) is 6.92 Å². The van der Waals surface area contributed by atoms with Gasteiger partial charge in [-0.1, -0.05) is 47.5 Å². The molecule has 4 aromatic carbocycles. The van der Waals surface area contributed by atoms with Crippen LogP contribution in [0.5, 0.6) is 11.5 Å². The number of carbonyl (C=O) groups is 1. The topological polar surface area (TPSA) is 138 Å². The first-order valence-corrected chi connectivity index (χ1v) is 13.4. The Bertz CT molecular complexity index is 1680. The molecule has 12 heteroatoms. The van der Waals surface area contributed by atoms with Gasteiger partial charge in [0.1, 0.15) is 17.1 Å². The molecule has 196 valence electrons. The molecule has 0 fully saturated rings. The summed E-state index contributed by atoms with van der Waals surface area (Å²) in [6.07, 6.45) is 0. The largest absolute Gasteiger partial charge is 0.505 e. The Morgan fingerprint density at radius 3 is 2.37 bits per heavy atom. The molecule has 1 amide bonds. The number of hydrogen-bond donors (Lipinski definition) is 3. The zero-order chi connectivity index (χ0) is 27.6. The zero-order valence-corrected chi connectivity index (χ0v) is 22.4. The molecule has 0 spiro atoms. The second-order valence-electron chi connectivity index (χ2n) is 8.12. The van der Waals surface area contributed by atoms with E-state index in [1.54, 1.807) is 42.5 Å². The Balaban J connectivity index is 1.76. The van der Waals surface area contributed by atoms with Crippen molar-refractivity contribution in [2.75, 3.05) is 11.9 Å². The van der Waals surface area contributed by atoms with Crippen LogP contribution in [0.3, 0.4) is 0 Å². The van der Waals surface area contributed by atoms with E-state index in [1.165, 1.54) is 19.1 Å². The van der Waals surface area contributed by atoms with Crippen LogP contribution in [0.25, 0.3) is 10.8 Å². The lowest BCUT2D eigenvalue weighted by atomic mass is 10.0. The third-order valence-electron chi connectivity index (χ3n) is 5.51. The van der Waals surface area contributed by atoms with Gasteiger partial charge in [-0.3, -0.25) is 9.35 Å². The third kappa shape index (κ3) is 5.73. The molecule has 0 aromatic heterocycles. The number of fused-ring (bicyclic) bond motifs is 1. The van der Waals surface area contributed by atoms with Crippen LogP contribution >= 0.6 is 23.2 Å². The summed E-state index contributed by atoms with van der Waals surface area (Å²) in [5.41, 5.74) is 0.681. The Morgan fingerprint density at radius 1 is 1.00 bits per heavy atom. The number of hydrogen-bond acceptors (Lipinski definition) is 7. The molecule has 38 heavy (non-hydrogen) atoms. The SMILES string of the molecule is CCOc1ccc(NC(=O)c2cc3ccccc3c(N=Nc3c(C)cc(S(=O)(=O)O)cc3Cl)c2O)c(Cl)c1. The first kappa shape index (κ1) is 27.3. The number of ether oxygens (including phenoxy) is 1. The van der Waals surface area contributed by atoms with Gasteiger partial charge in [0.25, 0.3) is 16.0 Å². The number of phenols is 1. The minimum atomic E-state index is -4.47. The Morgan fingerprint density at radius 2 is 1.71 bits per heavy atom. The fourth-order valence-corrected chi connectivity index (χ4v) is 4.90. The number of phenolic OH excluding ortho intramolecular Hbond substituents is 1. The summed E-state index contributed by atoms with van der Waals surface area (Å²) in [5, 5.41) is 23.3.